The van der Waals surface area contributed by atoms with Crippen LogP contribution in [-0.2, 0) is 6.42 Å². The zero-order valence-electron chi connectivity index (χ0n) is 11.6. The van der Waals surface area contributed by atoms with Crippen molar-refractivity contribution in [1.82, 2.24) is 5.32 Å². The van der Waals surface area contributed by atoms with Crippen molar-refractivity contribution in [3.8, 4) is 0 Å². The molecule has 1 saturated carbocycles. The summed E-state index contributed by atoms with van der Waals surface area (Å²) in [6.45, 7) is 4.20. The predicted molar refractivity (Wildman–Crippen MR) is 81.9 cm³/mol. The van der Waals surface area contributed by atoms with E-state index in [1.807, 2.05) is 6.07 Å². The number of benzene rings is 1. The normalized spacial score (nSPS) is 18.5. The molecule has 3 heteroatoms. The lowest BCUT2D eigenvalue weighted by molar-refractivity contribution is 0.181. The monoisotopic (exact) mass is 327 g/mol. The Labute approximate surface area is 124 Å². The van der Waals surface area contributed by atoms with E-state index >= 15 is 0 Å². The Morgan fingerprint density at radius 3 is 2.68 bits per heavy atom. The van der Waals surface area contributed by atoms with Gasteiger partial charge in [0.1, 0.15) is 5.82 Å². The van der Waals surface area contributed by atoms with Gasteiger partial charge in [-0.05, 0) is 58.8 Å². The lowest BCUT2D eigenvalue weighted by Gasteiger charge is -2.38. The summed E-state index contributed by atoms with van der Waals surface area (Å²) in [6, 6.07) is 5.39. The van der Waals surface area contributed by atoms with Crippen LogP contribution >= 0.6 is 15.9 Å². The summed E-state index contributed by atoms with van der Waals surface area (Å²) in [5.41, 5.74) is 1.42. The third-order valence-electron chi connectivity index (χ3n) is 4.26. The van der Waals surface area contributed by atoms with Crippen molar-refractivity contribution >= 4 is 15.9 Å². The highest BCUT2D eigenvalue weighted by Crippen LogP contribution is 2.40. The lowest BCUT2D eigenvalue weighted by Crippen LogP contribution is -2.38. The van der Waals surface area contributed by atoms with Gasteiger partial charge in [0.05, 0.1) is 4.47 Å². The number of nitrogens with one attached hydrogen (secondary N) is 1. The molecule has 1 aromatic carbocycles. The molecule has 1 aliphatic carbocycles. The highest BCUT2D eigenvalue weighted by molar-refractivity contribution is 9.10. The second-order valence-electron chi connectivity index (χ2n) is 5.73. The molecule has 0 unspecified atom stereocenters. The number of hydrogen-bond acceptors (Lipinski definition) is 1. The molecule has 0 aliphatic heterocycles. The molecule has 2 rings (SSSR count). The van der Waals surface area contributed by atoms with E-state index in [9.17, 15) is 4.39 Å². The summed E-state index contributed by atoms with van der Waals surface area (Å²) in [5, 5.41) is 3.50. The van der Waals surface area contributed by atoms with Crippen LogP contribution in [0.1, 0.15) is 44.6 Å². The fourth-order valence-electron chi connectivity index (χ4n) is 3.20. The number of rotatable bonds is 5. The zero-order valence-corrected chi connectivity index (χ0v) is 13.2. The number of hydrogen-bond donors (Lipinski definition) is 1. The molecular weight excluding hydrogens is 305 g/mol. The Kier molecular flexibility index (Phi) is 5.40. The van der Waals surface area contributed by atoms with Gasteiger partial charge in [-0.15, -0.1) is 0 Å². The van der Waals surface area contributed by atoms with Crippen molar-refractivity contribution in [2.75, 3.05) is 13.1 Å². The lowest BCUT2D eigenvalue weighted by atomic mass is 9.70. The van der Waals surface area contributed by atoms with Crippen LogP contribution in [0.2, 0.25) is 0 Å². The van der Waals surface area contributed by atoms with Crippen molar-refractivity contribution < 1.29 is 4.39 Å². The van der Waals surface area contributed by atoms with E-state index in [-0.39, 0.29) is 5.82 Å². The summed E-state index contributed by atoms with van der Waals surface area (Å²) >= 11 is 3.40. The average Bonchev–Trinajstić information content (AvgIpc) is 2.43. The summed E-state index contributed by atoms with van der Waals surface area (Å²) in [4.78, 5) is 0. The fraction of sp³-hybridized carbons (Fsp3) is 0.625. The molecule has 0 aromatic heterocycles. The van der Waals surface area contributed by atoms with E-state index in [1.54, 1.807) is 0 Å². The standard InChI is InChI=1S/C16H23BrFN/c1-2-19-12-16(9-4-3-5-10-16)11-13-7-6-8-14(18)15(13)17/h6-8,19H,2-5,9-12H2,1H3. The quantitative estimate of drug-likeness (QED) is 0.827. The Bertz CT molecular complexity index is 413. The van der Waals surface area contributed by atoms with Crippen LogP contribution in [0.5, 0.6) is 0 Å². The Balaban J connectivity index is 2.17. The summed E-state index contributed by atoms with van der Waals surface area (Å²) in [7, 11) is 0. The second kappa shape index (κ2) is 6.85. The van der Waals surface area contributed by atoms with Crippen LogP contribution in [0, 0.1) is 11.2 Å². The van der Waals surface area contributed by atoms with Crippen molar-refractivity contribution in [3.63, 3.8) is 0 Å². The average molecular weight is 328 g/mol. The summed E-state index contributed by atoms with van der Waals surface area (Å²) < 4.78 is 14.3. The molecule has 19 heavy (non-hydrogen) atoms. The van der Waals surface area contributed by atoms with E-state index in [4.69, 9.17) is 0 Å². The molecule has 1 nitrogen and oxygen atoms in total. The van der Waals surface area contributed by atoms with Crippen molar-refractivity contribution in [2.45, 2.75) is 45.4 Å². The second-order valence-corrected chi connectivity index (χ2v) is 6.52. The number of halogens is 2. The van der Waals surface area contributed by atoms with Crippen LogP contribution in [-0.4, -0.2) is 13.1 Å². The minimum absolute atomic E-state index is 0.146. The first-order valence-electron chi connectivity index (χ1n) is 7.30. The maximum Gasteiger partial charge on any atom is 0.137 e. The first kappa shape index (κ1) is 15.0. The molecule has 1 aromatic rings. The van der Waals surface area contributed by atoms with Crippen LogP contribution in [0.3, 0.4) is 0 Å². The van der Waals surface area contributed by atoms with Crippen LogP contribution in [0.15, 0.2) is 22.7 Å². The van der Waals surface area contributed by atoms with Crippen molar-refractivity contribution in [1.29, 1.82) is 0 Å². The van der Waals surface area contributed by atoms with E-state index in [0.29, 0.717) is 9.89 Å². The highest BCUT2D eigenvalue weighted by Gasteiger charge is 2.32. The molecule has 1 N–H and O–H groups in total. The Morgan fingerprint density at radius 2 is 2.00 bits per heavy atom. The van der Waals surface area contributed by atoms with E-state index in [2.05, 4.69) is 34.2 Å². The summed E-state index contributed by atoms with van der Waals surface area (Å²) in [5.74, 6) is -0.146. The predicted octanol–water partition coefficient (Wildman–Crippen LogP) is 4.69. The van der Waals surface area contributed by atoms with Gasteiger partial charge in [0.15, 0.2) is 0 Å². The van der Waals surface area contributed by atoms with Gasteiger partial charge in [-0.1, -0.05) is 38.3 Å². The molecule has 0 spiro atoms. The topological polar surface area (TPSA) is 12.0 Å². The van der Waals surface area contributed by atoms with Crippen LogP contribution in [0.4, 0.5) is 4.39 Å². The first-order valence-corrected chi connectivity index (χ1v) is 8.10. The van der Waals surface area contributed by atoms with Gasteiger partial charge in [-0.25, -0.2) is 4.39 Å². The highest BCUT2D eigenvalue weighted by atomic mass is 79.9. The van der Waals surface area contributed by atoms with Crippen molar-refractivity contribution in [3.05, 3.63) is 34.1 Å². The third-order valence-corrected chi connectivity index (χ3v) is 5.15. The van der Waals surface area contributed by atoms with E-state index < -0.39 is 0 Å². The molecule has 0 bridgehead atoms. The molecule has 0 atom stereocenters. The molecule has 106 valence electrons. The SMILES string of the molecule is CCNCC1(Cc2cccc(F)c2Br)CCCCC1. The van der Waals surface area contributed by atoms with E-state index in [0.717, 1.165) is 25.1 Å². The minimum atomic E-state index is -0.146. The van der Waals surface area contributed by atoms with Gasteiger partial charge < -0.3 is 5.32 Å². The molecule has 0 amide bonds. The fourth-order valence-corrected chi connectivity index (χ4v) is 3.60. The van der Waals surface area contributed by atoms with E-state index in [1.165, 1.54) is 38.2 Å². The largest absolute Gasteiger partial charge is 0.316 e. The van der Waals surface area contributed by atoms with Gasteiger partial charge in [0, 0.05) is 6.54 Å². The first-order chi connectivity index (χ1) is 9.17. The van der Waals surface area contributed by atoms with Gasteiger partial charge in [-0.2, -0.15) is 0 Å². The molecule has 0 heterocycles. The molecule has 1 fully saturated rings. The Hall–Kier alpha value is -0.410. The molecule has 1 aliphatic rings. The maximum atomic E-state index is 13.6. The molecular formula is C16H23BrFN. The van der Waals surface area contributed by atoms with Gasteiger partial charge in [-0.3, -0.25) is 0 Å². The maximum absolute atomic E-state index is 13.6. The van der Waals surface area contributed by atoms with Gasteiger partial charge in [0.25, 0.3) is 0 Å². The molecule has 0 radical (unpaired) electrons. The van der Waals surface area contributed by atoms with Crippen LogP contribution < -0.4 is 5.32 Å². The molecule has 0 saturated heterocycles. The Morgan fingerprint density at radius 1 is 1.26 bits per heavy atom. The smallest absolute Gasteiger partial charge is 0.137 e. The van der Waals surface area contributed by atoms with Crippen LogP contribution in [0.25, 0.3) is 0 Å². The third kappa shape index (κ3) is 3.79. The summed E-state index contributed by atoms with van der Waals surface area (Å²) in [6.07, 6.45) is 7.43. The van der Waals surface area contributed by atoms with Gasteiger partial charge >= 0.3 is 0 Å². The zero-order chi connectivity index (χ0) is 13.7. The van der Waals surface area contributed by atoms with Crippen molar-refractivity contribution in [2.24, 2.45) is 5.41 Å². The van der Waals surface area contributed by atoms with Gasteiger partial charge in [0.2, 0.25) is 0 Å². The minimum Gasteiger partial charge on any atom is -0.316 e.